The number of aromatic nitrogens is 3. The van der Waals surface area contributed by atoms with Crippen molar-refractivity contribution in [3.8, 4) is 5.75 Å². The zero-order valence-electron chi connectivity index (χ0n) is 21.9. The Labute approximate surface area is 214 Å². The van der Waals surface area contributed by atoms with Crippen molar-refractivity contribution in [3.63, 3.8) is 0 Å². The zero-order chi connectivity index (χ0) is 25.5. The fourth-order valence-corrected chi connectivity index (χ4v) is 4.93. The zero-order valence-corrected chi connectivity index (χ0v) is 21.9. The molecular formula is C27H41N7O2. The predicted octanol–water partition coefficient (Wildman–Crippen LogP) is 3.22. The molecule has 0 amide bonds. The molecular weight excluding hydrogens is 454 g/mol. The van der Waals surface area contributed by atoms with Gasteiger partial charge in [-0.3, -0.25) is 4.90 Å². The lowest BCUT2D eigenvalue weighted by atomic mass is 9.93. The fraction of sp³-hybridized carbons (Fsp3) is 0.556. The van der Waals surface area contributed by atoms with Gasteiger partial charge >= 0.3 is 0 Å². The number of unbranched alkanes of at least 4 members (excludes halogenated alkanes) is 2. The summed E-state index contributed by atoms with van der Waals surface area (Å²) in [6, 6.07) is 8.36. The van der Waals surface area contributed by atoms with Crippen molar-refractivity contribution in [3.05, 3.63) is 41.6 Å². The number of rotatable bonds is 14. The van der Waals surface area contributed by atoms with Gasteiger partial charge in [-0.2, -0.15) is 4.98 Å². The van der Waals surface area contributed by atoms with Gasteiger partial charge in [0, 0.05) is 44.5 Å². The first-order valence-corrected chi connectivity index (χ1v) is 13.1. The standard InChI is InChI=1S/C27H41N7O2/c1-4-6-7-12-30-25-24-22(31-26(28)32-25)10-13-34(24)16-21-9-8-20(14-23(21)36-3)15-33-18-27(35,19-33)17-29-11-5-2/h8-10,13-14,29,35H,4-7,11-12,15-19H2,1-3H3,(H3,28,30,31,32). The van der Waals surface area contributed by atoms with E-state index in [4.69, 9.17) is 10.5 Å². The van der Waals surface area contributed by atoms with Crippen molar-refractivity contribution < 1.29 is 9.84 Å². The van der Waals surface area contributed by atoms with E-state index in [-0.39, 0.29) is 5.95 Å². The molecule has 9 nitrogen and oxygen atoms in total. The largest absolute Gasteiger partial charge is 0.496 e. The van der Waals surface area contributed by atoms with E-state index in [1.807, 2.05) is 12.3 Å². The molecule has 3 aromatic rings. The monoisotopic (exact) mass is 495 g/mol. The number of nitrogens with one attached hydrogen (secondary N) is 2. The summed E-state index contributed by atoms with van der Waals surface area (Å²) < 4.78 is 7.92. The van der Waals surface area contributed by atoms with Crippen LogP contribution in [-0.4, -0.2) is 70.0 Å². The Hall–Kier alpha value is -2.88. The molecule has 0 bridgehead atoms. The molecule has 0 spiro atoms. The number of ether oxygens (including phenoxy) is 1. The van der Waals surface area contributed by atoms with Crippen LogP contribution in [0.2, 0.25) is 0 Å². The highest BCUT2D eigenvalue weighted by Gasteiger charge is 2.40. The molecule has 0 radical (unpaired) electrons. The third kappa shape index (κ3) is 6.27. The Kier molecular flexibility index (Phi) is 8.66. The van der Waals surface area contributed by atoms with E-state index in [1.54, 1.807) is 7.11 Å². The summed E-state index contributed by atoms with van der Waals surface area (Å²) >= 11 is 0. The maximum Gasteiger partial charge on any atom is 0.222 e. The van der Waals surface area contributed by atoms with Gasteiger partial charge in [0.25, 0.3) is 0 Å². The molecule has 0 unspecified atom stereocenters. The van der Waals surface area contributed by atoms with Crippen molar-refractivity contribution in [2.45, 2.75) is 58.2 Å². The molecule has 196 valence electrons. The minimum Gasteiger partial charge on any atom is -0.496 e. The van der Waals surface area contributed by atoms with Gasteiger partial charge in [0.2, 0.25) is 5.95 Å². The molecule has 5 N–H and O–H groups in total. The smallest absolute Gasteiger partial charge is 0.222 e. The number of fused-ring (bicyclic) bond motifs is 1. The molecule has 1 aromatic carbocycles. The van der Waals surface area contributed by atoms with E-state index in [0.717, 1.165) is 60.6 Å². The van der Waals surface area contributed by atoms with E-state index in [9.17, 15) is 5.11 Å². The quantitative estimate of drug-likeness (QED) is 0.252. The van der Waals surface area contributed by atoms with Gasteiger partial charge in [0.1, 0.15) is 16.9 Å². The average Bonchev–Trinajstić information content (AvgIpc) is 3.24. The summed E-state index contributed by atoms with van der Waals surface area (Å²) in [5, 5.41) is 17.4. The summed E-state index contributed by atoms with van der Waals surface area (Å²) in [7, 11) is 1.71. The molecule has 3 heterocycles. The van der Waals surface area contributed by atoms with Gasteiger partial charge in [-0.05, 0) is 37.1 Å². The highest BCUT2D eigenvalue weighted by atomic mass is 16.5. The van der Waals surface area contributed by atoms with E-state index in [2.05, 4.69) is 62.1 Å². The van der Waals surface area contributed by atoms with Crippen LogP contribution in [0.5, 0.6) is 5.75 Å². The van der Waals surface area contributed by atoms with Crippen molar-refractivity contribution in [1.82, 2.24) is 24.8 Å². The van der Waals surface area contributed by atoms with Gasteiger partial charge in [-0.1, -0.05) is 38.8 Å². The predicted molar refractivity (Wildman–Crippen MR) is 145 cm³/mol. The van der Waals surface area contributed by atoms with Crippen LogP contribution in [0.3, 0.4) is 0 Å². The SMILES string of the molecule is CCCCCNc1nc(N)nc2ccn(Cc3ccc(CN4CC(O)(CNCCC)C4)cc3OC)c12. The number of anilines is 2. The second-order valence-electron chi connectivity index (χ2n) is 9.93. The van der Waals surface area contributed by atoms with E-state index < -0.39 is 5.60 Å². The van der Waals surface area contributed by atoms with E-state index in [0.29, 0.717) is 26.2 Å². The third-order valence-corrected chi connectivity index (χ3v) is 6.72. The van der Waals surface area contributed by atoms with E-state index >= 15 is 0 Å². The number of aliphatic hydroxyl groups is 1. The third-order valence-electron chi connectivity index (χ3n) is 6.72. The minimum absolute atomic E-state index is 0.277. The summed E-state index contributed by atoms with van der Waals surface area (Å²) in [4.78, 5) is 11.2. The Morgan fingerprint density at radius 2 is 1.92 bits per heavy atom. The first kappa shape index (κ1) is 26.2. The van der Waals surface area contributed by atoms with Gasteiger partial charge in [0.15, 0.2) is 5.82 Å². The number of hydrogen-bond acceptors (Lipinski definition) is 8. The number of nitrogens with zero attached hydrogens (tertiary/aromatic N) is 4. The van der Waals surface area contributed by atoms with Crippen molar-refractivity contribution in [2.24, 2.45) is 0 Å². The summed E-state index contributed by atoms with van der Waals surface area (Å²) in [6.45, 7) is 9.55. The molecule has 1 fully saturated rings. The Balaban J connectivity index is 1.45. The van der Waals surface area contributed by atoms with Crippen LogP contribution in [0.4, 0.5) is 11.8 Å². The Bertz CT molecular complexity index is 1140. The van der Waals surface area contributed by atoms with Crippen LogP contribution in [0.1, 0.15) is 50.7 Å². The van der Waals surface area contributed by atoms with Crippen LogP contribution in [-0.2, 0) is 13.1 Å². The molecule has 2 aromatic heterocycles. The maximum absolute atomic E-state index is 10.6. The topological polar surface area (TPSA) is 113 Å². The van der Waals surface area contributed by atoms with Crippen LogP contribution in [0.25, 0.3) is 11.0 Å². The van der Waals surface area contributed by atoms with Gasteiger partial charge in [-0.25, -0.2) is 4.98 Å². The van der Waals surface area contributed by atoms with Crippen LogP contribution < -0.4 is 21.1 Å². The van der Waals surface area contributed by atoms with Crippen molar-refractivity contribution >= 4 is 22.8 Å². The molecule has 0 saturated carbocycles. The lowest BCUT2D eigenvalue weighted by Crippen LogP contribution is -2.65. The fourth-order valence-electron chi connectivity index (χ4n) is 4.93. The Morgan fingerprint density at radius 3 is 2.67 bits per heavy atom. The second kappa shape index (κ2) is 11.9. The van der Waals surface area contributed by atoms with Gasteiger partial charge < -0.3 is 30.8 Å². The number of benzene rings is 1. The molecule has 4 rings (SSSR count). The number of nitrogen functional groups attached to an aromatic ring is 1. The van der Waals surface area contributed by atoms with Gasteiger partial charge in [-0.15, -0.1) is 0 Å². The first-order valence-electron chi connectivity index (χ1n) is 13.1. The molecule has 1 aliphatic rings. The number of likely N-dealkylation sites (tertiary alicyclic amines) is 1. The lowest BCUT2D eigenvalue weighted by Gasteiger charge is -2.46. The highest BCUT2D eigenvalue weighted by molar-refractivity contribution is 5.87. The second-order valence-corrected chi connectivity index (χ2v) is 9.93. The highest BCUT2D eigenvalue weighted by Crippen LogP contribution is 2.29. The molecule has 1 saturated heterocycles. The molecule has 36 heavy (non-hydrogen) atoms. The number of β-amino-alcohol motifs (C(OH)–C–C–N with tert-alkyl or cyclic N) is 1. The van der Waals surface area contributed by atoms with E-state index in [1.165, 1.54) is 18.4 Å². The van der Waals surface area contributed by atoms with Crippen LogP contribution >= 0.6 is 0 Å². The summed E-state index contributed by atoms with van der Waals surface area (Å²) in [5.41, 5.74) is 9.37. The van der Waals surface area contributed by atoms with Crippen molar-refractivity contribution in [1.29, 1.82) is 0 Å². The number of hydrogen-bond donors (Lipinski definition) is 4. The van der Waals surface area contributed by atoms with Crippen molar-refractivity contribution in [2.75, 3.05) is 50.9 Å². The summed E-state index contributed by atoms with van der Waals surface area (Å²) in [6.07, 6.45) is 6.53. The van der Waals surface area contributed by atoms with Gasteiger partial charge in [0.05, 0.1) is 19.2 Å². The summed E-state index contributed by atoms with van der Waals surface area (Å²) in [5.74, 6) is 1.90. The average molecular weight is 496 g/mol. The molecule has 1 aliphatic heterocycles. The normalized spacial score (nSPS) is 15.2. The maximum atomic E-state index is 10.6. The van der Waals surface area contributed by atoms with Crippen LogP contribution in [0.15, 0.2) is 30.5 Å². The minimum atomic E-state index is -0.623. The number of methoxy groups -OCH3 is 1. The lowest BCUT2D eigenvalue weighted by molar-refractivity contribution is -0.0986. The first-order chi connectivity index (χ1) is 17.4. The molecule has 9 heteroatoms. The Morgan fingerprint density at radius 1 is 1.08 bits per heavy atom. The molecule has 0 atom stereocenters. The number of nitrogens with two attached hydrogens (primary N) is 1. The van der Waals surface area contributed by atoms with Crippen LogP contribution in [0, 0.1) is 0 Å². The molecule has 0 aliphatic carbocycles.